The number of para-hydroxylation sites is 1. The Morgan fingerprint density at radius 2 is 1.93 bits per heavy atom. The van der Waals surface area contributed by atoms with E-state index in [0.29, 0.717) is 12.1 Å². The van der Waals surface area contributed by atoms with Gasteiger partial charge >= 0.3 is 12.5 Å². The van der Waals surface area contributed by atoms with E-state index in [9.17, 15) is 9.59 Å². The minimum atomic E-state index is -0.605. The van der Waals surface area contributed by atoms with Gasteiger partial charge in [-0.05, 0) is 0 Å². The molecule has 2 amide bonds. The van der Waals surface area contributed by atoms with Crippen molar-refractivity contribution < 1.29 is 14.3 Å². The van der Waals surface area contributed by atoms with Gasteiger partial charge < -0.3 is 4.74 Å². The van der Waals surface area contributed by atoms with Crippen molar-refractivity contribution in [3.8, 4) is 0 Å². The number of hydrogen-bond donors (Lipinski definition) is 0. The van der Waals surface area contributed by atoms with Crippen molar-refractivity contribution in [2.24, 2.45) is 0 Å². The highest BCUT2D eigenvalue weighted by Crippen LogP contribution is 2.26. The number of imide groups is 1. The maximum absolute atomic E-state index is 11.4. The summed E-state index contributed by atoms with van der Waals surface area (Å²) in [5.74, 6) is 0. The van der Waals surface area contributed by atoms with E-state index < -0.39 is 10.6 Å². The number of nitrogens with zero attached hydrogens (tertiary/aromatic N) is 1. The second-order valence-corrected chi connectivity index (χ2v) is 2.89. The lowest BCUT2D eigenvalue weighted by molar-refractivity contribution is -0.113. The van der Waals surface area contributed by atoms with Crippen LogP contribution in [0.25, 0.3) is 0 Å². The second kappa shape index (κ2) is 3.08. The monoisotopic (exact) mass is 190 g/mol. The first-order valence-corrected chi connectivity index (χ1v) is 4.09. The summed E-state index contributed by atoms with van der Waals surface area (Å²) < 4.78 is 4.11. The molecule has 0 saturated carbocycles. The minimum Gasteiger partial charge on any atom is -0.382 e. The third kappa shape index (κ3) is 1.05. The zero-order valence-electron chi connectivity index (χ0n) is 7.29. The molecule has 0 spiro atoms. The highest BCUT2D eigenvalue weighted by molar-refractivity contribution is 6.00. The molecule has 0 aliphatic carbocycles. The summed E-state index contributed by atoms with van der Waals surface area (Å²) >= 11 is 0. The smallest absolute Gasteiger partial charge is 0.382 e. The van der Waals surface area contributed by atoms with Gasteiger partial charge in [0.2, 0.25) is 0 Å². The quantitative estimate of drug-likeness (QED) is 0.527. The van der Waals surface area contributed by atoms with Crippen LogP contribution in [0.1, 0.15) is 0 Å². The van der Waals surface area contributed by atoms with E-state index >= 15 is 0 Å². The predicted molar refractivity (Wildman–Crippen MR) is 49.9 cm³/mol. The Hall–Kier alpha value is -1.94. The summed E-state index contributed by atoms with van der Waals surface area (Å²) in [6, 6.07) is 8.74. The fourth-order valence-electron chi connectivity index (χ4n) is 1.34. The molecule has 1 atom stereocenters. The summed E-state index contributed by atoms with van der Waals surface area (Å²) in [5.41, 5.74) is 0.571. The summed E-state index contributed by atoms with van der Waals surface area (Å²) in [5, 5.41) is 0. The molecule has 1 aliphatic heterocycles. The van der Waals surface area contributed by atoms with Gasteiger partial charge in [-0.25, -0.2) is 4.79 Å². The van der Waals surface area contributed by atoms with E-state index in [2.05, 4.69) is 4.74 Å². The van der Waals surface area contributed by atoms with Gasteiger partial charge in [-0.3, -0.25) is 0 Å². The number of hydrogen-bond acceptors (Lipinski definition) is 3. The Bertz CT molecular complexity index is 399. The van der Waals surface area contributed by atoms with Crippen LogP contribution in [0.5, 0.6) is 0 Å². The zero-order valence-corrected chi connectivity index (χ0v) is 7.29. The van der Waals surface area contributed by atoms with Crippen molar-refractivity contribution in [1.29, 1.82) is 0 Å². The number of amides is 2. The Labute approximate surface area is 80.6 Å². The molecule has 1 aliphatic rings. The van der Waals surface area contributed by atoms with E-state index in [4.69, 9.17) is 0 Å². The molecule has 2 rings (SSSR count). The molecule has 0 radical (unpaired) electrons. The van der Waals surface area contributed by atoms with Crippen LogP contribution in [-0.2, 0) is 9.53 Å². The topological polar surface area (TPSA) is 43.4 Å². The highest BCUT2D eigenvalue weighted by Gasteiger charge is 2.43. The molecule has 4 heteroatoms. The van der Waals surface area contributed by atoms with E-state index in [0.717, 1.165) is 0 Å². The molecule has 0 fully saturated rings. The SMILES string of the molecule is O=C[N+]1(c2ccccc2)C=COC1=O. The molecule has 70 valence electrons. The standard InChI is InChI=1S/C10H8NO3/c12-8-11(6-7-14-10(11)13)9-4-2-1-3-5-9/h1-8H/q+1. The van der Waals surface area contributed by atoms with Crippen molar-refractivity contribution in [3.63, 3.8) is 0 Å². The normalized spacial score (nSPS) is 24.7. The van der Waals surface area contributed by atoms with Gasteiger partial charge in [0.1, 0.15) is 0 Å². The molecule has 4 nitrogen and oxygen atoms in total. The average molecular weight is 190 g/mol. The molecule has 1 aromatic carbocycles. The van der Waals surface area contributed by atoms with Gasteiger partial charge in [-0.2, -0.15) is 4.79 Å². The van der Waals surface area contributed by atoms with Gasteiger partial charge in [0.05, 0.1) is 0 Å². The lowest BCUT2D eigenvalue weighted by atomic mass is 10.3. The van der Waals surface area contributed by atoms with Crippen LogP contribution in [-0.4, -0.2) is 12.5 Å². The Morgan fingerprint density at radius 3 is 2.43 bits per heavy atom. The molecule has 0 bridgehead atoms. The largest absolute Gasteiger partial charge is 0.538 e. The van der Waals surface area contributed by atoms with Gasteiger partial charge in [0.25, 0.3) is 0 Å². The molecule has 1 aromatic rings. The van der Waals surface area contributed by atoms with Gasteiger partial charge in [0.15, 0.2) is 18.1 Å². The Balaban J connectivity index is 2.54. The number of quaternary nitrogens is 1. The third-order valence-corrected chi connectivity index (χ3v) is 2.12. The lowest BCUT2D eigenvalue weighted by Crippen LogP contribution is -2.44. The first-order valence-electron chi connectivity index (χ1n) is 4.09. The first kappa shape index (κ1) is 8.65. The predicted octanol–water partition coefficient (Wildman–Crippen LogP) is 1.77. The fraction of sp³-hybridized carbons (Fsp3) is 0. The molecule has 0 saturated heterocycles. The number of ether oxygens (including phenoxy) is 1. The van der Waals surface area contributed by atoms with Gasteiger partial charge in [-0.15, -0.1) is 4.48 Å². The first-order chi connectivity index (χ1) is 6.79. The van der Waals surface area contributed by atoms with Crippen LogP contribution in [0.15, 0.2) is 42.8 Å². The fourth-order valence-corrected chi connectivity index (χ4v) is 1.34. The maximum Gasteiger partial charge on any atom is 0.538 e. The molecule has 14 heavy (non-hydrogen) atoms. The van der Waals surface area contributed by atoms with Crippen LogP contribution < -0.4 is 4.48 Å². The van der Waals surface area contributed by atoms with Crippen molar-refractivity contribution >= 4 is 18.2 Å². The van der Waals surface area contributed by atoms with E-state index in [1.807, 2.05) is 6.07 Å². The summed E-state index contributed by atoms with van der Waals surface area (Å²) in [6.07, 6.45) is 2.57. The van der Waals surface area contributed by atoms with Crippen molar-refractivity contribution in [1.82, 2.24) is 4.48 Å². The minimum absolute atomic E-state index is 0.527. The maximum atomic E-state index is 11.4. The molecule has 1 heterocycles. The van der Waals surface area contributed by atoms with Crippen molar-refractivity contribution in [3.05, 3.63) is 42.8 Å². The number of benzene rings is 1. The van der Waals surface area contributed by atoms with Crippen LogP contribution in [0.4, 0.5) is 10.5 Å². The van der Waals surface area contributed by atoms with Gasteiger partial charge in [-0.1, -0.05) is 18.2 Å². The molecular formula is C10H8NO3+. The molecule has 0 aromatic heterocycles. The Morgan fingerprint density at radius 1 is 1.21 bits per heavy atom. The lowest BCUT2D eigenvalue weighted by Gasteiger charge is -2.16. The van der Waals surface area contributed by atoms with Crippen molar-refractivity contribution in [2.75, 3.05) is 0 Å². The number of carbonyl (C=O) groups is 2. The second-order valence-electron chi connectivity index (χ2n) is 2.89. The number of rotatable bonds is 2. The summed E-state index contributed by atoms with van der Waals surface area (Å²) in [7, 11) is 0. The molecule has 1 unspecified atom stereocenters. The van der Waals surface area contributed by atoms with Crippen LogP contribution in [0, 0.1) is 0 Å². The van der Waals surface area contributed by atoms with Gasteiger partial charge in [0, 0.05) is 12.1 Å². The van der Waals surface area contributed by atoms with E-state index in [1.165, 1.54) is 12.5 Å². The average Bonchev–Trinajstić information content (AvgIpc) is 2.62. The summed E-state index contributed by atoms with van der Waals surface area (Å²) in [6.45, 7) is 0. The molecular weight excluding hydrogens is 182 g/mol. The van der Waals surface area contributed by atoms with Crippen LogP contribution in [0.3, 0.4) is 0 Å². The number of cyclic esters (lactones) is 1. The number of carbonyl (C=O) groups excluding carboxylic acids is 2. The molecule has 0 N–H and O–H groups in total. The highest BCUT2D eigenvalue weighted by atomic mass is 16.6. The Kier molecular flexibility index (Phi) is 1.90. The third-order valence-electron chi connectivity index (χ3n) is 2.12. The van der Waals surface area contributed by atoms with E-state index in [-0.39, 0.29) is 0 Å². The van der Waals surface area contributed by atoms with Crippen LogP contribution in [0.2, 0.25) is 0 Å². The zero-order chi connectivity index (χ0) is 10.0. The van der Waals surface area contributed by atoms with Crippen LogP contribution >= 0.6 is 0 Å². The van der Waals surface area contributed by atoms with E-state index in [1.54, 1.807) is 24.3 Å². The van der Waals surface area contributed by atoms with Crippen molar-refractivity contribution in [2.45, 2.75) is 0 Å². The summed E-state index contributed by atoms with van der Waals surface area (Å²) in [4.78, 5) is 22.3.